The number of nitrogens with zero attached hydrogens (tertiary/aromatic N) is 3. The zero-order chi connectivity index (χ0) is 16.8. The lowest BCUT2D eigenvalue weighted by Crippen LogP contribution is -2.36. The van der Waals surface area contributed by atoms with E-state index in [2.05, 4.69) is 15.2 Å². The molecule has 0 amide bonds. The maximum absolute atomic E-state index is 5.79. The van der Waals surface area contributed by atoms with Gasteiger partial charge in [-0.05, 0) is 37.4 Å². The third-order valence-electron chi connectivity index (χ3n) is 4.36. The van der Waals surface area contributed by atoms with Crippen molar-refractivity contribution in [1.82, 2.24) is 9.97 Å². The standard InChI is InChI=1S/C18H25N5O/c1-24-13-16-11-17(23-9-7-14(12-19)8-10-23)22-18(21-16)20-15-5-3-2-4-6-15/h2-6,11,14H,7-10,12-13,19H2,1H3,(H,20,21,22). The predicted octanol–water partition coefficient (Wildman–Crippen LogP) is 2.54. The van der Waals surface area contributed by atoms with Gasteiger partial charge in [-0.15, -0.1) is 0 Å². The number of nitrogens with two attached hydrogens (primary N) is 1. The van der Waals surface area contributed by atoms with Gasteiger partial charge in [-0.25, -0.2) is 4.98 Å². The molecule has 0 bridgehead atoms. The van der Waals surface area contributed by atoms with Gasteiger partial charge in [-0.1, -0.05) is 18.2 Å². The van der Waals surface area contributed by atoms with Gasteiger partial charge in [0.1, 0.15) is 5.82 Å². The fourth-order valence-corrected chi connectivity index (χ4v) is 2.97. The second-order valence-electron chi connectivity index (χ2n) is 6.13. The third-order valence-corrected chi connectivity index (χ3v) is 4.36. The molecule has 0 saturated carbocycles. The highest BCUT2D eigenvalue weighted by atomic mass is 16.5. The topological polar surface area (TPSA) is 76.3 Å². The van der Waals surface area contributed by atoms with Crippen molar-refractivity contribution in [2.24, 2.45) is 11.7 Å². The molecule has 1 saturated heterocycles. The molecule has 3 N–H and O–H groups in total. The molecular formula is C18H25N5O. The molecule has 0 atom stereocenters. The van der Waals surface area contributed by atoms with Crippen molar-refractivity contribution in [3.05, 3.63) is 42.1 Å². The molecule has 0 aliphatic carbocycles. The van der Waals surface area contributed by atoms with E-state index in [1.54, 1.807) is 7.11 Å². The molecule has 3 rings (SSSR count). The molecule has 1 aromatic heterocycles. The average molecular weight is 327 g/mol. The Morgan fingerprint density at radius 3 is 2.62 bits per heavy atom. The number of para-hydroxylation sites is 1. The maximum atomic E-state index is 5.79. The van der Waals surface area contributed by atoms with Crippen molar-refractivity contribution in [3.63, 3.8) is 0 Å². The van der Waals surface area contributed by atoms with Crippen LogP contribution in [0.15, 0.2) is 36.4 Å². The third kappa shape index (κ3) is 4.21. The largest absolute Gasteiger partial charge is 0.378 e. The van der Waals surface area contributed by atoms with Gasteiger partial charge >= 0.3 is 0 Å². The smallest absolute Gasteiger partial charge is 0.229 e. The van der Waals surface area contributed by atoms with Crippen LogP contribution in [0.5, 0.6) is 0 Å². The van der Waals surface area contributed by atoms with E-state index >= 15 is 0 Å². The molecule has 1 fully saturated rings. The van der Waals surface area contributed by atoms with Crippen LogP contribution < -0.4 is 16.0 Å². The number of piperidine rings is 1. The highest BCUT2D eigenvalue weighted by Gasteiger charge is 2.20. The molecule has 1 aliphatic heterocycles. The molecule has 0 spiro atoms. The number of nitrogens with one attached hydrogen (secondary N) is 1. The van der Waals surface area contributed by atoms with Crippen LogP contribution in [0, 0.1) is 5.92 Å². The lowest BCUT2D eigenvalue weighted by Gasteiger charge is -2.32. The molecule has 6 nitrogen and oxygen atoms in total. The molecule has 2 aromatic rings. The summed E-state index contributed by atoms with van der Waals surface area (Å²) < 4.78 is 5.26. The number of hydrogen-bond acceptors (Lipinski definition) is 6. The number of rotatable bonds is 6. The van der Waals surface area contributed by atoms with E-state index in [1.807, 2.05) is 36.4 Å². The summed E-state index contributed by atoms with van der Waals surface area (Å²) in [5.74, 6) is 2.18. The summed E-state index contributed by atoms with van der Waals surface area (Å²) in [5, 5.41) is 3.28. The Balaban J connectivity index is 1.80. The van der Waals surface area contributed by atoms with Crippen LogP contribution in [0.4, 0.5) is 17.5 Å². The van der Waals surface area contributed by atoms with Crippen LogP contribution in [0.1, 0.15) is 18.5 Å². The first kappa shape index (κ1) is 16.7. The fourth-order valence-electron chi connectivity index (χ4n) is 2.97. The summed E-state index contributed by atoms with van der Waals surface area (Å²) in [5.41, 5.74) is 7.64. The quantitative estimate of drug-likeness (QED) is 0.849. The number of hydrogen-bond donors (Lipinski definition) is 2. The molecule has 24 heavy (non-hydrogen) atoms. The molecule has 1 aliphatic rings. The SMILES string of the molecule is COCc1cc(N2CCC(CN)CC2)nc(Nc2ccccc2)n1. The minimum Gasteiger partial charge on any atom is -0.378 e. The second-order valence-corrected chi connectivity index (χ2v) is 6.13. The Morgan fingerprint density at radius 2 is 1.96 bits per heavy atom. The van der Waals surface area contributed by atoms with Crippen LogP contribution >= 0.6 is 0 Å². The van der Waals surface area contributed by atoms with E-state index in [0.717, 1.165) is 49.7 Å². The Labute approximate surface area is 143 Å². The first-order valence-corrected chi connectivity index (χ1v) is 8.42. The molecule has 0 radical (unpaired) electrons. The van der Waals surface area contributed by atoms with Crippen molar-refractivity contribution in [2.75, 3.05) is 37.0 Å². The van der Waals surface area contributed by atoms with Crippen molar-refractivity contribution < 1.29 is 4.74 Å². The summed E-state index contributed by atoms with van der Waals surface area (Å²) in [7, 11) is 1.68. The summed E-state index contributed by atoms with van der Waals surface area (Å²) in [4.78, 5) is 11.6. The van der Waals surface area contributed by atoms with Crippen molar-refractivity contribution in [3.8, 4) is 0 Å². The Bertz CT molecular complexity index is 641. The molecule has 2 heterocycles. The summed E-state index contributed by atoms with van der Waals surface area (Å²) in [6, 6.07) is 12.0. The van der Waals surface area contributed by atoms with Crippen LogP contribution in [-0.2, 0) is 11.3 Å². The Morgan fingerprint density at radius 1 is 1.21 bits per heavy atom. The molecule has 128 valence electrons. The van der Waals surface area contributed by atoms with Gasteiger partial charge in [-0.2, -0.15) is 4.98 Å². The molecule has 6 heteroatoms. The summed E-state index contributed by atoms with van der Waals surface area (Å²) in [6.45, 7) is 3.21. The highest BCUT2D eigenvalue weighted by molar-refractivity contribution is 5.55. The van der Waals surface area contributed by atoms with Gasteiger partial charge in [-0.3, -0.25) is 0 Å². The lowest BCUT2D eigenvalue weighted by molar-refractivity contribution is 0.181. The zero-order valence-electron chi connectivity index (χ0n) is 14.1. The van der Waals surface area contributed by atoms with Gasteiger partial charge in [0.2, 0.25) is 5.95 Å². The maximum Gasteiger partial charge on any atom is 0.229 e. The zero-order valence-corrected chi connectivity index (χ0v) is 14.1. The molecule has 0 unspecified atom stereocenters. The van der Waals surface area contributed by atoms with Crippen molar-refractivity contribution in [2.45, 2.75) is 19.4 Å². The van der Waals surface area contributed by atoms with E-state index in [0.29, 0.717) is 18.5 Å². The van der Waals surface area contributed by atoms with Gasteiger partial charge in [0.25, 0.3) is 0 Å². The van der Waals surface area contributed by atoms with Crippen LogP contribution in [0.3, 0.4) is 0 Å². The van der Waals surface area contributed by atoms with Crippen LogP contribution in [0.25, 0.3) is 0 Å². The van der Waals surface area contributed by atoms with Gasteiger partial charge in [0.05, 0.1) is 12.3 Å². The van der Waals surface area contributed by atoms with Gasteiger partial charge in [0, 0.05) is 32.0 Å². The number of anilines is 3. The van der Waals surface area contributed by atoms with Crippen molar-refractivity contribution in [1.29, 1.82) is 0 Å². The first-order chi connectivity index (χ1) is 11.8. The summed E-state index contributed by atoms with van der Waals surface area (Å²) >= 11 is 0. The van der Waals surface area contributed by atoms with Crippen LogP contribution in [-0.4, -0.2) is 36.7 Å². The summed E-state index contributed by atoms with van der Waals surface area (Å²) in [6.07, 6.45) is 2.23. The van der Waals surface area contributed by atoms with E-state index in [9.17, 15) is 0 Å². The van der Waals surface area contributed by atoms with Gasteiger partial charge < -0.3 is 20.7 Å². The molecule has 1 aromatic carbocycles. The van der Waals surface area contributed by atoms with Gasteiger partial charge in [0.15, 0.2) is 0 Å². The fraction of sp³-hybridized carbons (Fsp3) is 0.444. The monoisotopic (exact) mass is 327 g/mol. The lowest BCUT2D eigenvalue weighted by atomic mass is 9.97. The van der Waals surface area contributed by atoms with E-state index in [4.69, 9.17) is 15.5 Å². The minimum absolute atomic E-state index is 0.470. The number of methoxy groups -OCH3 is 1. The number of benzene rings is 1. The predicted molar refractivity (Wildman–Crippen MR) is 96.5 cm³/mol. The Kier molecular flexibility index (Phi) is 5.61. The van der Waals surface area contributed by atoms with Crippen molar-refractivity contribution >= 4 is 17.5 Å². The first-order valence-electron chi connectivity index (χ1n) is 8.42. The second kappa shape index (κ2) is 8.08. The minimum atomic E-state index is 0.470. The highest BCUT2D eigenvalue weighted by Crippen LogP contribution is 2.24. The molecular weight excluding hydrogens is 302 g/mol. The average Bonchev–Trinajstić information content (AvgIpc) is 2.63. The number of aromatic nitrogens is 2. The Hall–Kier alpha value is -2.18. The normalized spacial score (nSPS) is 15.5. The number of ether oxygens (including phenoxy) is 1. The van der Waals surface area contributed by atoms with Crippen LogP contribution in [0.2, 0.25) is 0 Å². The van der Waals surface area contributed by atoms with E-state index < -0.39 is 0 Å². The van der Waals surface area contributed by atoms with E-state index in [1.165, 1.54) is 0 Å². The van der Waals surface area contributed by atoms with E-state index in [-0.39, 0.29) is 0 Å².